The summed E-state index contributed by atoms with van der Waals surface area (Å²) in [4.78, 5) is 46.3. The minimum Gasteiger partial charge on any atom is -0.459 e. The van der Waals surface area contributed by atoms with E-state index >= 15 is 0 Å². The zero-order valence-electron chi connectivity index (χ0n) is 23.7. The monoisotopic (exact) mass is 581 g/mol. The number of nitrogens with two attached hydrogens (primary N) is 1. The van der Waals surface area contributed by atoms with Gasteiger partial charge < -0.3 is 36.2 Å². The Morgan fingerprint density at radius 1 is 0.791 bits per heavy atom. The zero-order chi connectivity index (χ0) is 30.3. The highest BCUT2D eigenvalue weighted by atomic mass is 16.5. The van der Waals surface area contributed by atoms with Crippen LogP contribution >= 0.6 is 0 Å². The number of para-hydroxylation sites is 2. The topological polar surface area (TPSA) is 162 Å². The fourth-order valence-corrected chi connectivity index (χ4v) is 5.09. The Bertz CT molecular complexity index is 1710. The molecule has 0 spiro atoms. The summed E-state index contributed by atoms with van der Waals surface area (Å²) in [6.07, 6.45) is 2.72. The van der Waals surface area contributed by atoms with E-state index in [0.717, 1.165) is 38.5 Å². The average molecular weight is 582 g/mol. The highest BCUT2D eigenvalue weighted by Crippen LogP contribution is 2.21. The summed E-state index contributed by atoms with van der Waals surface area (Å²) in [6.45, 7) is 1.37. The van der Waals surface area contributed by atoms with E-state index < -0.39 is 42.0 Å². The van der Waals surface area contributed by atoms with Gasteiger partial charge in [-0.05, 0) is 42.2 Å². The SMILES string of the molecule is C[C@@H](O)[C@H](NC(=O)[C@H](Cc1c[nH]c2ccccc12)NC(=O)[C@@H](N)Cc1c[nH]c2ccccc12)C(=O)OCc1ccccc1. The zero-order valence-corrected chi connectivity index (χ0v) is 23.7. The number of aromatic amines is 2. The van der Waals surface area contributed by atoms with E-state index in [1.165, 1.54) is 6.92 Å². The molecule has 0 unspecified atom stereocenters. The maximum absolute atomic E-state index is 13.6. The smallest absolute Gasteiger partial charge is 0.331 e. The molecule has 10 nitrogen and oxygen atoms in total. The summed E-state index contributed by atoms with van der Waals surface area (Å²) in [7, 11) is 0. The van der Waals surface area contributed by atoms with E-state index in [2.05, 4.69) is 20.6 Å². The van der Waals surface area contributed by atoms with Gasteiger partial charge >= 0.3 is 5.97 Å². The van der Waals surface area contributed by atoms with Crippen LogP contribution in [-0.2, 0) is 38.6 Å². The summed E-state index contributed by atoms with van der Waals surface area (Å²) in [5, 5.41) is 17.6. The third kappa shape index (κ3) is 7.11. The maximum atomic E-state index is 13.6. The minimum absolute atomic E-state index is 0.0169. The van der Waals surface area contributed by atoms with Crippen LogP contribution in [0, 0.1) is 0 Å². The predicted octanol–water partition coefficient (Wildman–Crippen LogP) is 2.86. The second kappa shape index (κ2) is 13.4. The molecule has 0 radical (unpaired) electrons. The van der Waals surface area contributed by atoms with Crippen molar-refractivity contribution in [3.8, 4) is 0 Å². The van der Waals surface area contributed by atoms with E-state index in [0.29, 0.717) is 0 Å². The van der Waals surface area contributed by atoms with Gasteiger partial charge in [-0.25, -0.2) is 4.79 Å². The number of aliphatic hydroxyl groups excluding tert-OH is 1. The van der Waals surface area contributed by atoms with Crippen molar-refractivity contribution in [2.45, 2.75) is 50.6 Å². The Hall–Kier alpha value is -4.93. The molecule has 2 amide bonds. The second-order valence-electron chi connectivity index (χ2n) is 10.6. The number of aliphatic hydroxyl groups is 1. The summed E-state index contributed by atoms with van der Waals surface area (Å²) in [5.41, 5.74) is 10.6. The van der Waals surface area contributed by atoms with Crippen molar-refractivity contribution in [1.82, 2.24) is 20.6 Å². The number of aromatic nitrogens is 2. The number of esters is 1. The van der Waals surface area contributed by atoms with Crippen molar-refractivity contribution < 1.29 is 24.2 Å². The summed E-state index contributed by atoms with van der Waals surface area (Å²) in [5.74, 6) is -1.97. The first-order valence-electron chi connectivity index (χ1n) is 14.1. The Kier molecular flexibility index (Phi) is 9.19. The molecule has 0 aliphatic carbocycles. The first kappa shape index (κ1) is 29.6. The second-order valence-corrected chi connectivity index (χ2v) is 10.6. The van der Waals surface area contributed by atoms with Crippen LogP contribution in [0.15, 0.2) is 91.3 Å². The summed E-state index contributed by atoms with van der Waals surface area (Å²) in [6, 6.07) is 21.0. The molecule has 3 aromatic carbocycles. The molecule has 222 valence electrons. The number of hydrogen-bond donors (Lipinski definition) is 6. The molecule has 10 heteroatoms. The number of carbonyl (C=O) groups is 3. The number of ether oxygens (including phenoxy) is 1. The Labute approximate surface area is 248 Å². The normalized spacial score (nSPS) is 14.1. The number of benzene rings is 3. The first-order chi connectivity index (χ1) is 20.8. The number of amides is 2. The highest BCUT2D eigenvalue weighted by molar-refractivity contribution is 5.94. The Balaban J connectivity index is 1.32. The van der Waals surface area contributed by atoms with Crippen LogP contribution in [0.4, 0.5) is 0 Å². The van der Waals surface area contributed by atoms with Crippen LogP contribution in [0.3, 0.4) is 0 Å². The summed E-state index contributed by atoms with van der Waals surface area (Å²) < 4.78 is 5.38. The largest absolute Gasteiger partial charge is 0.459 e. The number of carbonyl (C=O) groups excluding carboxylic acids is 3. The number of hydrogen-bond acceptors (Lipinski definition) is 6. The van der Waals surface area contributed by atoms with Crippen molar-refractivity contribution in [2.24, 2.45) is 5.73 Å². The van der Waals surface area contributed by atoms with Gasteiger partial charge in [-0.2, -0.15) is 0 Å². The van der Waals surface area contributed by atoms with Gasteiger partial charge in [0.25, 0.3) is 0 Å². The van der Waals surface area contributed by atoms with Gasteiger partial charge in [0.1, 0.15) is 12.6 Å². The van der Waals surface area contributed by atoms with Gasteiger partial charge in [-0.1, -0.05) is 66.7 Å². The van der Waals surface area contributed by atoms with Crippen LogP contribution in [0.5, 0.6) is 0 Å². The standard InChI is InChI=1S/C33H35N5O5/c1-20(39)30(33(42)43-19-21-9-3-2-4-10-21)38-32(41)29(16-23-18-36-28-14-8-6-12-25(23)28)37-31(40)26(34)15-22-17-35-27-13-7-5-11-24(22)27/h2-14,17-18,20,26,29-30,35-36,39H,15-16,19,34H2,1H3,(H,37,40)(H,38,41)/t20-,26+,29+,30+/m1/s1. The van der Waals surface area contributed by atoms with Crippen molar-refractivity contribution >= 4 is 39.6 Å². The molecular formula is C33H35N5O5. The van der Waals surface area contributed by atoms with Gasteiger partial charge in [0, 0.05) is 40.6 Å². The van der Waals surface area contributed by atoms with Gasteiger partial charge in [-0.15, -0.1) is 0 Å². The van der Waals surface area contributed by atoms with Crippen molar-refractivity contribution in [1.29, 1.82) is 0 Å². The van der Waals surface area contributed by atoms with E-state index in [-0.39, 0.29) is 19.4 Å². The quantitative estimate of drug-likeness (QED) is 0.124. The number of nitrogens with one attached hydrogen (secondary N) is 4. The molecule has 0 aliphatic rings. The van der Waals surface area contributed by atoms with Crippen molar-refractivity contribution in [3.05, 3.63) is 108 Å². The third-order valence-electron chi connectivity index (χ3n) is 7.44. The fourth-order valence-electron chi connectivity index (χ4n) is 5.09. The number of H-pyrrole nitrogens is 2. The molecule has 5 rings (SSSR count). The van der Waals surface area contributed by atoms with Crippen LogP contribution in [-0.4, -0.2) is 57.1 Å². The minimum atomic E-state index is -1.35. The van der Waals surface area contributed by atoms with Crippen LogP contribution < -0.4 is 16.4 Å². The lowest BCUT2D eigenvalue weighted by Gasteiger charge is -2.25. The predicted molar refractivity (Wildman–Crippen MR) is 164 cm³/mol. The van der Waals surface area contributed by atoms with E-state index in [9.17, 15) is 19.5 Å². The lowest BCUT2D eigenvalue weighted by Crippen LogP contribution is -2.57. The van der Waals surface area contributed by atoms with Crippen molar-refractivity contribution in [2.75, 3.05) is 0 Å². The average Bonchev–Trinajstić information content (AvgIpc) is 3.62. The van der Waals surface area contributed by atoms with Gasteiger partial charge in [0.2, 0.25) is 11.8 Å². The molecule has 0 saturated heterocycles. The fraction of sp³-hybridized carbons (Fsp3) is 0.242. The lowest BCUT2D eigenvalue weighted by atomic mass is 10.0. The van der Waals surface area contributed by atoms with E-state index in [1.54, 1.807) is 18.3 Å². The highest BCUT2D eigenvalue weighted by Gasteiger charge is 2.32. The third-order valence-corrected chi connectivity index (χ3v) is 7.44. The van der Waals surface area contributed by atoms with Gasteiger partial charge in [0.15, 0.2) is 6.04 Å². The van der Waals surface area contributed by atoms with Crippen LogP contribution in [0.1, 0.15) is 23.6 Å². The van der Waals surface area contributed by atoms with E-state index in [4.69, 9.17) is 10.5 Å². The van der Waals surface area contributed by atoms with Gasteiger partial charge in [-0.3, -0.25) is 9.59 Å². The van der Waals surface area contributed by atoms with Crippen LogP contribution in [0.25, 0.3) is 21.8 Å². The van der Waals surface area contributed by atoms with Crippen LogP contribution in [0.2, 0.25) is 0 Å². The maximum Gasteiger partial charge on any atom is 0.331 e. The molecule has 2 aromatic heterocycles. The molecule has 0 saturated carbocycles. The molecule has 5 aromatic rings. The number of fused-ring (bicyclic) bond motifs is 2. The lowest BCUT2D eigenvalue weighted by molar-refractivity contribution is -0.152. The molecule has 0 aliphatic heterocycles. The molecular weight excluding hydrogens is 546 g/mol. The Morgan fingerprint density at radius 2 is 1.35 bits per heavy atom. The molecule has 2 heterocycles. The van der Waals surface area contributed by atoms with Crippen molar-refractivity contribution in [3.63, 3.8) is 0 Å². The summed E-state index contributed by atoms with van der Waals surface area (Å²) >= 11 is 0. The number of rotatable bonds is 12. The molecule has 0 fully saturated rings. The van der Waals surface area contributed by atoms with Gasteiger partial charge in [0.05, 0.1) is 12.1 Å². The first-order valence-corrected chi connectivity index (χ1v) is 14.1. The molecule has 7 N–H and O–H groups in total. The Morgan fingerprint density at radius 3 is 1.95 bits per heavy atom. The van der Waals surface area contributed by atoms with E-state index in [1.807, 2.05) is 72.9 Å². The molecule has 4 atom stereocenters. The molecule has 43 heavy (non-hydrogen) atoms. The molecule has 0 bridgehead atoms.